The average molecular weight is 221 g/mol. The molecule has 0 unspecified atom stereocenters. The molecule has 0 radical (unpaired) electrons. The molecule has 0 saturated heterocycles. The van der Waals surface area contributed by atoms with E-state index in [1.54, 1.807) is 0 Å². The van der Waals surface area contributed by atoms with Crippen molar-refractivity contribution in [1.29, 1.82) is 0 Å². The van der Waals surface area contributed by atoms with Gasteiger partial charge in [0.2, 0.25) is 0 Å². The first-order valence-electron chi connectivity index (χ1n) is 4.94. The van der Waals surface area contributed by atoms with Crippen molar-refractivity contribution in [2.45, 2.75) is 20.0 Å². The number of benzene rings is 1. The number of hydrazone groups is 1. The van der Waals surface area contributed by atoms with Crippen molar-refractivity contribution >= 4 is 12.2 Å². The Morgan fingerprint density at radius 2 is 2.19 bits per heavy atom. The van der Waals surface area contributed by atoms with Gasteiger partial charge < -0.3 is 10.5 Å². The number of urea groups is 1. The largest absolute Gasteiger partial charge is 0.490 e. The number of para-hydroxylation sites is 1. The Labute approximate surface area is 94.3 Å². The molecule has 5 nitrogen and oxygen atoms in total. The Kier molecular flexibility index (Phi) is 4.32. The number of nitrogens with zero attached hydrogens (tertiary/aromatic N) is 1. The van der Waals surface area contributed by atoms with E-state index < -0.39 is 6.03 Å². The van der Waals surface area contributed by atoms with E-state index in [1.807, 2.05) is 38.1 Å². The van der Waals surface area contributed by atoms with Crippen LogP contribution in [0.15, 0.2) is 29.4 Å². The van der Waals surface area contributed by atoms with Crippen LogP contribution in [0.4, 0.5) is 4.79 Å². The van der Waals surface area contributed by atoms with Crippen molar-refractivity contribution in [2.75, 3.05) is 0 Å². The minimum absolute atomic E-state index is 0.0821. The molecule has 0 spiro atoms. The van der Waals surface area contributed by atoms with Crippen LogP contribution in [0.5, 0.6) is 5.75 Å². The van der Waals surface area contributed by atoms with Gasteiger partial charge in [0.1, 0.15) is 5.75 Å². The van der Waals surface area contributed by atoms with Crippen molar-refractivity contribution in [2.24, 2.45) is 10.8 Å². The molecule has 0 heterocycles. The summed E-state index contributed by atoms with van der Waals surface area (Å²) in [7, 11) is 0. The smallest absolute Gasteiger partial charge is 0.332 e. The molecular weight excluding hydrogens is 206 g/mol. The van der Waals surface area contributed by atoms with Crippen molar-refractivity contribution in [1.82, 2.24) is 5.43 Å². The number of hydrogen-bond acceptors (Lipinski definition) is 3. The molecule has 0 aromatic heterocycles. The van der Waals surface area contributed by atoms with Crippen molar-refractivity contribution in [3.05, 3.63) is 29.8 Å². The molecule has 86 valence electrons. The van der Waals surface area contributed by atoms with Crippen LogP contribution in [0.2, 0.25) is 0 Å². The van der Waals surface area contributed by atoms with Crippen LogP contribution < -0.4 is 15.9 Å². The van der Waals surface area contributed by atoms with E-state index in [9.17, 15) is 4.79 Å². The zero-order valence-electron chi connectivity index (χ0n) is 9.31. The number of carbonyl (C=O) groups is 1. The van der Waals surface area contributed by atoms with E-state index in [0.717, 1.165) is 5.56 Å². The van der Waals surface area contributed by atoms with E-state index in [1.165, 1.54) is 6.21 Å². The second kappa shape index (κ2) is 5.75. The molecule has 0 fully saturated rings. The molecule has 3 N–H and O–H groups in total. The summed E-state index contributed by atoms with van der Waals surface area (Å²) < 4.78 is 5.57. The molecular formula is C11H15N3O2. The lowest BCUT2D eigenvalue weighted by Crippen LogP contribution is -2.24. The van der Waals surface area contributed by atoms with E-state index in [0.29, 0.717) is 5.75 Å². The highest BCUT2D eigenvalue weighted by Gasteiger charge is 2.02. The fourth-order valence-electron chi connectivity index (χ4n) is 1.11. The zero-order valence-corrected chi connectivity index (χ0v) is 9.31. The number of nitrogens with one attached hydrogen (secondary N) is 1. The molecule has 0 saturated carbocycles. The number of ether oxygens (including phenoxy) is 1. The van der Waals surface area contributed by atoms with Crippen LogP contribution in [-0.4, -0.2) is 18.3 Å². The Morgan fingerprint density at radius 1 is 1.50 bits per heavy atom. The number of nitrogens with two attached hydrogens (primary N) is 1. The number of primary amides is 1. The lowest BCUT2D eigenvalue weighted by Gasteiger charge is -2.11. The fraction of sp³-hybridized carbons (Fsp3) is 0.273. The molecule has 1 aromatic rings. The Balaban J connectivity index is 2.78. The third kappa shape index (κ3) is 4.00. The highest BCUT2D eigenvalue weighted by molar-refractivity contribution is 5.84. The Bertz CT molecular complexity index is 389. The maximum absolute atomic E-state index is 10.4. The number of hydrogen-bond donors (Lipinski definition) is 2. The van der Waals surface area contributed by atoms with E-state index >= 15 is 0 Å². The highest BCUT2D eigenvalue weighted by Crippen LogP contribution is 2.17. The molecule has 0 aliphatic rings. The summed E-state index contributed by atoms with van der Waals surface area (Å²) in [5.41, 5.74) is 7.79. The molecule has 0 bridgehead atoms. The summed E-state index contributed by atoms with van der Waals surface area (Å²) in [4.78, 5) is 10.4. The maximum atomic E-state index is 10.4. The summed E-state index contributed by atoms with van der Waals surface area (Å²) in [6.45, 7) is 3.88. The minimum atomic E-state index is -0.696. The monoisotopic (exact) mass is 221 g/mol. The Hall–Kier alpha value is -2.04. The first-order chi connectivity index (χ1) is 7.59. The zero-order chi connectivity index (χ0) is 12.0. The Morgan fingerprint density at radius 3 is 2.81 bits per heavy atom. The van der Waals surface area contributed by atoms with Crippen LogP contribution >= 0.6 is 0 Å². The standard InChI is InChI=1S/C11H15N3O2/c1-8(2)16-10-6-4-3-5-9(10)7-13-14-11(12)15/h3-8H,1-2H3,(H3,12,14,15)/b13-7-. The van der Waals surface area contributed by atoms with Gasteiger partial charge in [0.25, 0.3) is 0 Å². The van der Waals surface area contributed by atoms with Crippen molar-refractivity contribution < 1.29 is 9.53 Å². The number of carbonyl (C=O) groups excluding carboxylic acids is 1. The van der Waals surface area contributed by atoms with Gasteiger partial charge in [-0.1, -0.05) is 12.1 Å². The predicted octanol–water partition coefficient (Wildman–Crippen LogP) is 1.48. The lowest BCUT2D eigenvalue weighted by atomic mass is 10.2. The maximum Gasteiger partial charge on any atom is 0.332 e. The predicted molar refractivity (Wildman–Crippen MR) is 62.5 cm³/mol. The average Bonchev–Trinajstić information content (AvgIpc) is 2.19. The van der Waals surface area contributed by atoms with Crippen LogP contribution in [0.25, 0.3) is 0 Å². The van der Waals surface area contributed by atoms with Gasteiger partial charge in [-0.05, 0) is 26.0 Å². The van der Waals surface area contributed by atoms with Crippen LogP contribution in [0, 0.1) is 0 Å². The van der Waals surface area contributed by atoms with Gasteiger partial charge in [-0.2, -0.15) is 5.10 Å². The van der Waals surface area contributed by atoms with Crippen LogP contribution in [-0.2, 0) is 0 Å². The quantitative estimate of drug-likeness (QED) is 0.596. The third-order valence-electron chi connectivity index (χ3n) is 1.66. The number of rotatable bonds is 4. The fourth-order valence-corrected chi connectivity index (χ4v) is 1.11. The first kappa shape index (κ1) is 12.0. The van der Waals surface area contributed by atoms with Gasteiger partial charge in [0.15, 0.2) is 0 Å². The first-order valence-corrected chi connectivity index (χ1v) is 4.94. The topological polar surface area (TPSA) is 76.7 Å². The summed E-state index contributed by atoms with van der Waals surface area (Å²) in [5.74, 6) is 0.715. The van der Waals surface area contributed by atoms with Gasteiger partial charge in [-0.25, -0.2) is 10.2 Å². The lowest BCUT2D eigenvalue weighted by molar-refractivity contribution is 0.242. The van der Waals surface area contributed by atoms with Crippen molar-refractivity contribution in [3.63, 3.8) is 0 Å². The van der Waals surface area contributed by atoms with E-state index in [4.69, 9.17) is 10.5 Å². The SMILES string of the molecule is CC(C)Oc1ccccc1/C=N\NC(N)=O. The summed E-state index contributed by atoms with van der Waals surface area (Å²) in [6.07, 6.45) is 1.57. The van der Waals surface area contributed by atoms with Crippen LogP contribution in [0.3, 0.4) is 0 Å². The number of amides is 2. The second-order valence-electron chi connectivity index (χ2n) is 3.44. The molecule has 16 heavy (non-hydrogen) atoms. The molecule has 0 aliphatic heterocycles. The third-order valence-corrected chi connectivity index (χ3v) is 1.66. The second-order valence-corrected chi connectivity index (χ2v) is 3.44. The summed E-state index contributed by atoms with van der Waals surface area (Å²) >= 11 is 0. The van der Waals surface area contributed by atoms with Gasteiger partial charge in [0.05, 0.1) is 12.3 Å². The van der Waals surface area contributed by atoms with Gasteiger partial charge in [-0.15, -0.1) is 0 Å². The molecule has 0 atom stereocenters. The minimum Gasteiger partial charge on any atom is -0.490 e. The van der Waals surface area contributed by atoms with Gasteiger partial charge in [-0.3, -0.25) is 0 Å². The normalized spacial score (nSPS) is 10.7. The molecule has 2 amide bonds. The van der Waals surface area contributed by atoms with Gasteiger partial charge in [0, 0.05) is 5.56 Å². The molecule has 5 heteroatoms. The summed E-state index contributed by atoms with van der Waals surface area (Å²) in [5, 5.41) is 3.68. The molecule has 1 rings (SSSR count). The summed E-state index contributed by atoms with van der Waals surface area (Å²) in [6, 6.07) is 6.71. The van der Waals surface area contributed by atoms with E-state index in [-0.39, 0.29) is 6.10 Å². The van der Waals surface area contributed by atoms with Crippen LogP contribution in [0.1, 0.15) is 19.4 Å². The molecule has 1 aromatic carbocycles. The van der Waals surface area contributed by atoms with Crippen molar-refractivity contribution in [3.8, 4) is 5.75 Å². The van der Waals surface area contributed by atoms with E-state index in [2.05, 4.69) is 10.5 Å². The molecule has 0 aliphatic carbocycles. The van der Waals surface area contributed by atoms with Gasteiger partial charge >= 0.3 is 6.03 Å². The highest BCUT2D eigenvalue weighted by atomic mass is 16.5.